The Labute approximate surface area is 276 Å². The zero-order valence-corrected chi connectivity index (χ0v) is 26.6. The van der Waals surface area contributed by atoms with E-state index < -0.39 is 11.8 Å². The van der Waals surface area contributed by atoms with Gasteiger partial charge in [-0.3, -0.25) is 24.1 Å². The Bertz CT molecular complexity index is 1910. The second kappa shape index (κ2) is 11.0. The van der Waals surface area contributed by atoms with Crippen LogP contribution in [-0.4, -0.2) is 34.6 Å². The highest BCUT2D eigenvalue weighted by Gasteiger charge is 2.69. The van der Waals surface area contributed by atoms with Gasteiger partial charge in [-0.15, -0.1) is 11.8 Å². The van der Waals surface area contributed by atoms with Crippen molar-refractivity contribution >= 4 is 75.4 Å². The van der Waals surface area contributed by atoms with Crippen LogP contribution in [-0.2, 0) is 14.4 Å². The van der Waals surface area contributed by atoms with Gasteiger partial charge < -0.3 is 15.0 Å². The Morgan fingerprint density at radius 1 is 0.933 bits per heavy atom. The molecule has 2 aliphatic heterocycles. The molecule has 3 amide bonds. The fourth-order valence-electron chi connectivity index (χ4n) is 7.97. The maximum atomic E-state index is 14.0. The summed E-state index contributed by atoms with van der Waals surface area (Å²) < 4.78 is 6.14. The lowest BCUT2D eigenvalue weighted by Crippen LogP contribution is -2.42. The van der Waals surface area contributed by atoms with Crippen molar-refractivity contribution in [2.24, 2.45) is 29.6 Å². The summed E-state index contributed by atoms with van der Waals surface area (Å²) in [7, 11) is 0. The Kier molecular flexibility index (Phi) is 7.09. The number of imide groups is 1. The number of H-pyrrole nitrogens is 1. The molecule has 2 aliphatic carbocycles. The number of hydrogen-bond donors (Lipinski definition) is 2. The number of carbonyl (C=O) groups is 3. The van der Waals surface area contributed by atoms with Gasteiger partial charge in [0.25, 0.3) is 5.91 Å². The predicted molar refractivity (Wildman–Crippen MR) is 174 cm³/mol. The number of nitrogens with zero attached hydrogens (tertiary/aromatic N) is 1. The minimum atomic E-state index is -0.458. The first-order chi connectivity index (χ1) is 21.8. The number of anilines is 2. The second-order valence-electron chi connectivity index (χ2n) is 11.8. The summed E-state index contributed by atoms with van der Waals surface area (Å²) in [5.41, 5.74) is 1.95. The molecule has 4 aliphatic rings. The SMILES string of the molecule is O=C(COc1ccc(Cl)cc1[C@H]1c2sc(=O)[nH]c2SC2C1[C@H]1C[C@@H]2C2C(=O)N(c3ccc(Cl)cc3)C(=O)C21)Nc1ccccc1. The zero-order valence-electron chi connectivity index (χ0n) is 23.4. The van der Waals surface area contributed by atoms with Gasteiger partial charge in [-0.1, -0.05) is 52.7 Å². The molecule has 3 heterocycles. The number of halogens is 2. The highest BCUT2D eigenvalue weighted by molar-refractivity contribution is 8.00. The lowest BCUT2D eigenvalue weighted by atomic mass is 9.68. The van der Waals surface area contributed by atoms with Crippen molar-refractivity contribution in [3.05, 3.63) is 103 Å². The van der Waals surface area contributed by atoms with E-state index in [9.17, 15) is 19.2 Å². The number of hydrogen-bond acceptors (Lipinski definition) is 7. The third-order valence-electron chi connectivity index (χ3n) is 9.53. The fourth-order valence-corrected chi connectivity index (χ4v) is 11.2. The molecular weight excluding hydrogens is 653 g/mol. The lowest BCUT2D eigenvalue weighted by Gasteiger charge is -2.43. The van der Waals surface area contributed by atoms with E-state index in [2.05, 4.69) is 10.3 Å². The standard InChI is InChI=1S/C33H25Cl2N3O5S2/c34-15-6-9-18(10-7-15)38-31(40)26-20-13-21(27(26)32(38)41)28-25(20)24(29-30(44-28)37-33(42)45-29)19-12-16(35)8-11-22(19)43-14-23(39)36-17-4-2-1-3-5-17/h1-12,20-21,24-28H,13-14H2,(H,36,39)(H,37,42)/t20-,21-,24-,25?,26?,27?,28?/m1/s1. The van der Waals surface area contributed by atoms with Crippen LogP contribution in [0, 0.1) is 29.6 Å². The van der Waals surface area contributed by atoms with E-state index in [-0.39, 0.29) is 58.1 Å². The van der Waals surface area contributed by atoms with Crippen LogP contribution in [0.5, 0.6) is 5.75 Å². The molecule has 228 valence electrons. The average Bonchev–Trinajstić information content (AvgIpc) is 3.76. The van der Waals surface area contributed by atoms with Crippen LogP contribution in [0.4, 0.5) is 11.4 Å². The van der Waals surface area contributed by atoms with E-state index in [1.54, 1.807) is 60.3 Å². The zero-order chi connectivity index (χ0) is 31.0. The summed E-state index contributed by atoms with van der Waals surface area (Å²) >= 11 is 15.4. The van der Waals surface area contributed by atoms with Crippen molar-refractivity contribution < 1.29 is 19.1 Å². The molecule has 7 atom stereocenters. The van der Waals surface area contributed by atoms with Crippen LogP contribution in [0.2, 0.25) is 10.0 Å². The number of benzene rings is 3. The molecule has 4 unspecified atom stereocenters. The number of ether oxygens (including phenoxy) is 1. The number of rotatable bonds is 6. The number of fused-ring (bicyclic) bond motifs is 9. The molecular formula is C33H25Cl2N3O5S2. The third kappa shape index (κ3) is 4.72. The monoisotopic (exact) mass is 677 g/mol. The Balaban J connectivity index is 1.15. The van der Waals surface area contributed by atoms with Crippen molar-refractivity contribution in [1.82, 2.24) is 4.98 Å². The maximum Gasteiger partial charge on any atom is 0.305 e. The molecule has 12 heteroatoms. The van der Waals surface area contributed by atoms with Crippen LogP contribution in [0.3, 0.4) is 0 Å². The van der Waals surface area contributed by atoms with Crippen molar-refractivity contribution in [3.63, 3.8) is 0 Å². The molecule has 2 saturated carbocycles. The minimum absolute atomic E-state index is 0.00544. The predicted octanol–water partition coefficient (Wildman–Crippen LogP) is 6.44. The Morgan fingerprint density at radius 3 is 2.40 bits per heavy atom. The molecule has 3 fully saturated rings. The summed E-state index contributed by atoms with van der Waals surface area (Å²) in [6.07, 6.45) is 0.746. The van der Waals surface area contributed by atoms with Crippen molar-refractivity contribution in [3.8, 4) is 5.75 Å². The first kappa shape index (κ1) is 28.9. The van der Waals surface area contributed by atoms with Crippen molar-refractivity contribution in [2.75, 3.05) is 16.8 Å². The highest BCUT2D eigenvalue weighted by atomic mass is 35.5. The number of para-hydroxylation sites is 1. The molecule has 2 bridgehead atoms. The number of aromatic nitrogens is 1. The molecule has 0 radical (unpaired) electrons. The van der Waals surface area contributed by atoms with Crippen molar-refractivity contribution in [1.29, 1.82) is 0 Å². The van der Waals surface area contributed by atoms with E-state index in [4.69, 9.17) is 27.9 Å². The molecule has 1 aromatic heterocycles. The highest BCUT2D eigenvalue weighted by Crippen LogP contribution is 2.69. The molecule has 1 saturated heterocycles. The van der Waals surface area contributed by atoms with E-state index in [0.717, 1.165) is 33.2 Å². The van der Waals surface area contributed by atoms with Gasteiger partial charge in [0.2, 0.25) is 11.8 Å². The first-order valence-electron chi connectivity index (χ1n) is 14.6. The topological polar surface area (TPSA) is 109 Å². The number of nitrogens with one attached hydrogen (secondary N) is 2. The quantitative estimate of drug-likeness (QED) is 0.228. The Hall–Kier alpha value is -3.57. The third-order valence-corrected chi connectivity index (χ3v) is 12.6. The van der Waals surface area contributed by atoms with Gasteiger partial charge in [-0.05, 0) is 78.8 Å². The maximum absolute atomic E-state index is 14.0. The van der Waals surface area contributed by atoms with E-state index in [0.29, 0.717) is 27.2 Å². The molecule has 8 nitrogen and oxygen atoms in total. The van der Waals surface area contributed by atoms with Gasteiger partial charge in [0.05, 0.1) is 22.5 Å². The summed E-state index contributed by atoms with van der Waals surface area (Å²) in [5, 5.41) is 4.63. The molecule has 0 spiro atoms. The van der Waals surface area contributed by atoms with Gasteiger partial charge in [-0.2, -0.15) is 0 Å². The van der Waals surface area contributed by atoms with Crippen molar-refractivity contribution in [2.45, 2.75) is 22.6 Å². The van der Waals surface area contributed by atoms with E-state index >= 15 is 0 Å². The van der Waals surface area contributed by atoms with Gasteiger partial charge in [0, 0.05) is 37.3 Å². The Morgan fingerprint density at radius 2 is 1.64 bits per heavy atom. The smallest absolute Gasteiger partial charge is 0.305 e. The van der Waals surface area contributed by atoms with Crippen LogP contribution in [0.25, 0.3) is 0 Å². The number of carbonyl (C=O) groups excluding carboxylic acids is 3. The van der Waals surface area contributed by atoms with Gasteiger partial charge in [0.1, 0.15) is 5.75 Å². The van der Waals surface area contributed by atoms with Crippen LogP contribution in [0.15, 0.2) is 82.6 Å². The van der Waals surface area contributed by atoms with E-state index in [1.165, 1.54) is 4.90 Å². The summed E-state index contributed by atoms with van der Waals surface area (Å²) in [6, 6.07) is 21.2. The minimum Gasteiger partial charge on any atom is -0.483 e. The van der Waals surface area contributed by atoms with Crippen LogP contribution >= 0.6 is 46.3 Å². The van der Waals surface area contributed by atoms with E-state index in [1.807, 2.05) is 24.3 Å². The second-order valence-corrected chi connectivity index (χ2v) is 14.9. The summed E-state index contributed by atoms with van der Waals surface area (Å²) in [5.74, 6) is -1.56. The lowest BCUT2D eigenvalue weighted by molar-refractivity contribution is -0.123. The normalized spacial score (nSPS) is 27.7. The number of thioether (sulfide) groups is 1. The number of aromatic amines is 1. The molecule has 2 N–H and O–H groups in total. The van der Waals surface area contributed by atoms with Crippen LogP contribution < -0.4 is 19.8 Å². The first-order valence-corrected chi connectivity index (χ1v) is 17.0. The summed E-state index contributed by atoms with van der Waals surface area (Å²) in [4.78, 5) is 58.4. The number of thiazole rings is 1. The molecule has 45 heavy (non-hydrogen) atoms. The van der Waals surface area contributed by atoms with Gasteiger partial charge in [0.15, 0.2) is 6.61 Å². The summed E-state index contributed by atoms with van der Waals surface area (Å²) in [6.45, 7) is -0.227. The molecule has 8 rings (SSSR count). The molecule has 4 aromatic rings. The average molecular weight is 679 g/mol. The van der Waals surface area contributed by atoms with Gasteiger partial charge >= 0.3 is 4.87 Å². The van der Waals surface area contributed by atoms with Crippen LogP contribution in [0.1, 0.15) is 22.8 Å². The largest absolute Gasteiger partial charge is 0.483 e. The number of amides is 3. The molecule has 3 aromatic carbocycles. The fraction of sp³-hybridized carbons (Fsp3) is 0.273. The van der Waals surface area contributed by atoms with Gasteiger partial charge in [-0.25, -0.2) is 0 Å².